The summed E-state index contributed by atoms with van der Waals surface area (Å²) in [4.78, 5) is 14.0. The van der Waals surface area contributed by atoms with Crippen LogP contribution in [-0.2, 0) is 10.0 Å². The van der Waals surface area contributed by atoms with E-state index in [1.807, 2.05) is 36.4 Å². The Kier molecular flexibility index (Phi) is 5.74. The number of hydrogen-bond donors (Lipinski definition) is 2. The second kappa shape index (κ2) is 8.20. The zero-order chi connectivity index (χ0) is 19.3. The number of rotatable bonds is 4. The van der Waals surface area contributed by atoms with Crippen molar-refractivity contribution in [3.8, 4) is 6.07 Å². The maximum atomic E-state index is 12.5. The molecule has 1 heterocycles. The fraction of sp³-hybridized carbons (Fsp3) is 0.263. The quantitative estimate of drug-likeness (QED) is 0.845. The molecule has 0 aromatic heterocycles. The first-order valence-corrected chi connectivity index (χ1v) is 10.1. The molecule has 0 spiro atoms. The predicted octanol–water partition coefficient (Wildman–Crippen LogP) is 2.53. The van der Waals surface area contributed by atoms with Gasteiger partial charge >= 0.3 is 6.03 Å². The summed E-state index contributed by atoms with van der Waals surface area (Å²) in [5, 5.41) is 11.8. The fourth-order valence-electron chi connectivity index (χ4n) is 2.94. The summed E-state index contributed by atoms with van der Waals surface area (Å²) in [6.45, 7) is 0.925. The van der Waals surface area contributed by atoms with Crippen LogP contribution in [0.3, 0.4) is 0 Å². The highest BCUT2D eigenvalue weighted by atomic mass is 32.2. The number of para-hydroxylation sites is 1. The van der Waals surface area contributed by atoms with Crippen molar-refractivity contribution < 1.29 is 13.2 Å². The molecule has 27 heavy (non-hydrogen) atoms. The van der Waals surface area contributed by atoms with E-state index in [2.05, 4.69) is 10.0 Å². The van der Waals surface area contributed by atoms with Crippen LogP contribution in [0.1, 0.15) is 18.4 Å². The van der Waals surface area contributed by atoms with E-state index in [1.54, 1.807) is 17.0 Å². The topological polar surface area (TPSA) is 102 Å². The zero-order valence-corrected chi connectivity index (χ0v) is 15.4. The summed E-state index contributed by atoms with van der Waals surface area (Å²) in [6.07, 6.45) is 1.05. The summed E-state index contributed by atoms with van der Waals surface area (Å²) >= 11 is 0. The van der Waals surface area contributed by atoms with Crippen molar-refractivity contribution in [3.05, 3.63) is 60.2 Å². The first-order valence-electron chi connectivity index (χ1n) is 8.61. The first-order chi connectivity index (χ1) is 13.0. The Hall–Kier alpha value is -2.89. The van der Waals surface area contributed by atoms with Crippen molar-refractivity contribution in [1.29, 1.82) is 5.26 Å². The van der Waals surface area contributed by atoms with E-state index in [4.69, 9.17) is 5.26 Å². The maximum absolute atomic E-state index is 12.5. The number of hydrogen-bond acceptors (Lipinski definition) is 4. The van der Waals surface area contributed by atoms with Gasteiger partial charge in [0.2, 0.25) is 10.0 Å². The number of anilines is 1. The van der Waals surface area contributed by atoms with E-state index in [0.29, 0.717) is 31.5 Å². The van der Waals surface area contributed by atoms with Crippen LogP contribution in [0.25, 0.3) is 0 Å². The molecular weight excluding hydrogens is 364 g/mol. The van der Waals surface area contributed by atoms with Gasteiger partial charge in [-0.05, 0) is 43.2 Å². The average molecular weight is 384 g/mol. The summed E-state index contributed by atoms with van der Waals surface area (Å²) in [6, 6.07) is 16.6. The lowest BCUT2D eigenvalue weighted by Crippen LogP contribution is -2.47. The lowest BCUT2D eigenvalue weighted by Gasteiger charge is -2.32. The Morgan fingerprint density at radius 1 is 1.07 bits per heavy atom. The minimum Gasteiger partial charge on any atom is -0.324 e. The molecule has 140 valence electrons. The third-order valence-corrected chi connectivity index (χ3v) is 5.92. The van der Waals surface area contributed by atoms with Crippen LogP contribution in [0.4, 0.5) is 10.5 Å². The summed E-state index contributed by atoms with van der Waals surface area (Å²) < 4.78 is 27.7. The third-order valence-electron chi connectivity index (χ3n) is 4.40. The molecule has 2 aromatic carbocycles. The zero-order valence-electron chi connectivity index (χ0n) is 14.6. The van der Waals surface area contributed by atoms with Crippen LogP contribution in [-0.4, -0.2) is 38.5 Å². The van der Waals surface area contributed by atoms with E-state index in [1.165, 1.54) is 12.1 Å². The molecule has 3 rings (SSSR count). The Balaban J connectivity index is 1.56. The normalized spacial score (nSPS) is 15.1. The molecule has 2 N–H and O–H groups in total. The molecule has 1 fully saturated rings. The van der Waals surface area contributed by atoms with Gasteiger partial charge in [0.15, 0.2) is 0 Å². The molecule has 0 unspecified atom stereocenters. The van der Waals surface area contributed by atoms with Crippen molar-refractivity contribution in [2.75, 3.05) is 18.4 Å². The highest BCUT2D eigenvalue weighted by Gasteiger charge is 2.26. The lowest BCUT2D eigenvalue weighted by atomic mass is 10.1. The first kappa shape index (κ1) is 18.9. The number of nitrogens with one attached hydrogen (secondary N) is 2. The van der Waals surface area contributed by atoms with Gasteiger partial charge in [-0.3, -0.25) is 0 Å². The fourth-order valence-corrected chi connectivity index (χ4v) is 4.30. The number of carbonyl (C=O) groups is 1. The van der Waals surface area contributed by atoms with Gasteiger partial charge < -0.3 is 10.2 Å². The van der Waals surface area contributed by atoms with Crippen LogP contribution in [0.15, 0.2) is 59.5 Å². The van der Waals surface area contributed by atoms with Crippen molar-refractivity contribution >= 4 is 21.7 Å². The molecule has 2 aromatic rings. The maximum Gasteiger partial charge on any atom is 0.321 e. The van der Waals surface area contributed by atoms with Crippen molar-refractivity contribution in [2.24, 2.45) is 0 Å². The molecular formula is C19H20N4O3S. The van der Waals surface area contributed by atoms with Gasteiger partial charge in [-0.1, -0.05) is 24.3 Å². The Morgan fingerprint density at radius 3 is 2.44 bits per heavy atom. The van der Waals surface area contributed by atoms with Crippen LogP contribution in [0, 0.1) is 11.3 Å². The molecule has 1 aliphatic heterocycles. The Morgan fingerprint density at radius 2 is 1.78 bits per heavy atom. The molecule has 2 amide bonds. The minimum atomic E-state index is -3.70. The summed E-state index contributed by atoms with van der Waals surface area (Å²) in [7, 11) is -3.70. The van der Waals surface area contributed by atoms with Crippen molar-refractivity contribution in [3.63, 3.8) is 0 Å². The van der Waals surface area contributed by atoms with Crippen LogP contribution >= 0.6 is 0 Å². The third kappa shape index (κ3) is 4.84. The van der Waals surface area contributed by atoms with Crippen LogP contribution in [0.5, 0.6) is 0 Å². The summed E-state index contributed by atoms with van der Waals surface area (Å²) in [5.41, 5.74) is 1.02. The highest BCUT2D eigenvalue weighted by Crippen LogP contribution is 2.17. The minimum absolute atomic E-state index is 0.0748. The number of urea groups is 1. The summed E-state index contributed by atoms with van der Waals surface area (Å²) in [5.74, 6) is 0. The van der Waals surface area contributed by atoms with E-state index < -0.39 is 10.0 Å². The molecule has 1 saturated heterocycles. The second-order valence-corrected chi connectivity index (χ2v) is 8.03. The standard InChI is InChI=1S/C19H20N4O3S/c20-14-15-5-4-8-18(13-15)27(25,26)22-17-9-11-23(12-10-17)19(24)21-16-6-2-1-3-7-16/h1-8,13,17,22H,9-12H2,(H,21,24). The molecule has 0 saturated carbocycles. The van der Waals surface area contributed by atoms with Gasteiger partial charge in [-0.25, -0.2) is 17.9 Å². The number of amides is 2. The highest BCUT2D eigenvalue weighted by molar-refractivity contribution is 7.89. The number of nitriles is 1. The molecule has 0 radical (unpaired) electrons. The largest absolute Gasteiger partial charge is 0.324 e. The van der Waals surface area contributed by atoms with Gasteiger partial charge in [0.25, 0.3) is 0 Å². The molecule has 0 bridgehead atoms. The molecule has 8 heteroatoms. The van der Waals surface area contributed by atoms with Crippen molar-refractivity contribution in [2.45, 2.75) is 23.8 Å². The molecule has 0 aliphatic carbocycles. The average Bonchev–Trinajstić information content (AvgIpc) is 2.69. The number of carbonyl (C=O) groups excluding carboxylic acids is 1. The molecule has 7 nitrogen and oxygen atoms in total. The Labute approximate surface area is 158 Å². The number of piperidine rings is 1. The van der Waals surface area contributed by atoms with E-state index in [9.17, 15) is 13.2 Å². The van der Waals surface area contributed by atoms with Crippen LogP contribution in [0.2, 0.25) is 0 Å². The Bertz CT molecular complexity index is 946. The molecule has 0 atom stereocenters. The number of likely N-dealkylation sites (tertiary alicyclic amines) is 1. The van der Waals surface area contributed by atoms with Crippen molar-refractivity contribution in [1.82, 2.24) is 9.62 Å². The predicted molar refractivity (Wildman–Crippen MR) is 102 cm³/mol. The van der Waals surface area contributed by atoms with E-state index >= 15 is 0 Å². The van der Waals surface area contributed by atoms with Gasteiger partial charge in [0, 0.05) is 24.8 Å². The van der Waals surface area contributed by atoms with Crippen LogP contribution < -0.4 is 10.0 Å². The van der Waals surface area contributed by atoms with Gasteiger partial charge in [-0.2, -0.15) is 5.26 Å². The van der Waals surface area contributed by atoms with Gasteiger partial charge in [-0.15, -0.1) is 0 Å². The lowest BCUT2D eigenvalue weighted by molar-refractivity contribution is 0.193. The monoisotopic (exact) mass is 384 g/mol. The van der Waals surface area contributed by atoms with E-state index in [0.717, 1.165) is 5.69 Å². The number of benzene rings is 2. The van der Waals surface area contributed by atoms with Gasteiger partial charge in [0.1, 0.15) is 0 Å². The second-order valence-electron chi connectivity index (χ2n) is 6.32. The molecule has 1 aliphatic rings. The SMILES string of the molecule is N#Cc1cccc(S(=O)(=O)NC2CCN(C(=O)Nc3ccccc3)CC2)c1. The number of sulfonamides is 1. The van der Waals surface area contributed by atoms with E-state index in [-0.39, 0.29) is 17.0 Å². The van der Waals surface area contributed by atoms with Gasteiger partial charge in [0.05, 0.1) is 16.5 Å². The number of nitrogens with zero attached hydrogens (tertiary/aromatic N) is 2. The smallest absolute Gasteiger partial charge is 0.321 e.